The first-order chi connectivity index (χ1) is 11.5. The van der Waals surface area contributed by atoms with Crippen LogP contribution in [0.4, 0.5) is 6.01 Å². The second kappa shape index (κ2) is 5.77. The molecule has 2 unspecified atom stereocenters. The van der Waals surface area contributed by atoms with Crippen molar-refractivity contribution < 1.29 is 9.21 Å². The molecule has 1 aromatic carbocycles. The normalized spacial score (nSPS) is 27.3. The van der Waals surface area contributed by atoms with Crippen molar-refractivity contribution in [3.63, 3.8) is 0 Å². The van der Waals surface area contributed by atoms with Crippen LogP contribution in [0.25, 0.3) is 11.1 Å². The number of fused-ring (bicyclic) bond motifs is 3. The average Bonchev–Trinajstić information content (AvgIpc) is 2.97. The second-order valence-corrected chi connectivity index (χ2v) is 7.15. The quantitative estimate of drug-likeness (QED) is 0.936. The van der Waals surface area contributed by atoms with E-state index in [1.54, 1.807) is 12.1 Å². The zero-order chi connectivity index (χ0) is 16.8. The minimum Gasteiger partial charge on any atom is -0.423 e. The van der Waals surface area contributed by atoms with Gasteiger partial charge in [-0.25, -0.2) is 0 Å². The Labute approximate surface area is 141 Å². The van der Waals surface area contributed by atoms with Crippen molar-refractivity contribution in [2.24, 2.45) is 5.73 Å². The molecule has 2 aliphatic rings. The Balaban J connectivity index is 1.63. The molecule has 0 spiro atoms. The van der Waals surface area contributed by atoms with Gasteiger partial charge in [-0.1, -0.05) is 12.5 Å². The van der Waals surface area contributed by atoms with Gasteiger partial charge >= 0.3 is 0 Å². The third kappa shape index (κ3) is 2.45. The van der Waals surface area contributed by atoms with Crippen LogP contribution in [0.15, 0.2) is 22.6 Å². The lowest BCUT2D eigenvalue weighted by Gasteiger charge is -2.48. The van der Waals surface area contributed by atoms with E-state index in [0.29, 0.717) is 40.8 Å². The van der Waals surface area contributed by atoms with Crippen LogP contribution in [-0.2, 0) is 0 Å². The van der Waals surface area contributed by atoms with Crippen LogP contribution < -0.4 is 10.6 Å². The van der Waals surface area contributed by atoms with Gasteiger partial charge in [-0.2, -0.15) is 4.98 Å². The lowest BCUT2D eigenvalue weighted by molar-refractivity contribution is 0.0552. The first-order valence-electron chi connectivity index (χ1n) is 8.68. The minimum atomic E-state index is -0.475. The van der Waals surface area contributed by atoms with Crippen LogP contribution >= 0.6 is 0 Å². The fourth-order valence-corrected chi connectivity index (χ4v) is 4.35. The third-order valence-corrected chi connectivity index (χ3v) is 5.84. The summed E-state index contributed by atoms with van der Waals surface area (Å²) in [6, 6.07) is 7.59. The van der Waals surface area contributed by atoms with Crippen LogP contribution in [0, 0.1) is 0 Å². The van der Waals surface area contributed by atoms with Gasteiger partial charge in [0.1, 0.15) is 5.52 Å². The van der Waals surface area contributed by atoms with Gasteiger partial charge in [-0.3, -0.25) is 4.79 Å². The van der Waals surface area contributed by atoms with Gasteiger partial charge in [0.05, 0.1) is 5.56 Å². The molecule has 2 N–H and O–H groups in total. The topological polar surface area (TPSA) is 75.6 Å². The zero-order valence-electron chi connectivity index (χ0n) is 14.2. The molecule has 2 saturated heterocycles. The monoisotopic (exact) mass is 328 g/mol. The maximum Gasteiger partial charge on any atom is 0.298 e. The Morgan fingerprint density at radius 3 is 2.71 bits per heavy atom. The molecule has 3 heterocycles. The molecule has 4 rings (SSSR count). The molecule has 6 nitrogen and oxygen atoms in total. The van der Waals surface area contributed by atoms with Crippen LogP contribution in [-0.4, -0.2) is 48.0 Å². The Kier molecular flexibility index (Phi) is 3.72. The Morgan fingerprint density at radius 2 is 2.04 bits per heavy atom. The highest BCUT2D eigenvalue weighted by molar-refractivity contribution is 6.03. The Morgan fingerprint density at radius 1 is 1.33 bits per heavy atom. The predicted octanol–water partition coefficient (Wildman–Crippen LogP) is 2.38. The van der Waals surface area contributed by atoms with E-state index in [-0.39, 0.29) is 0 Å². The smallest absolute Gasteiger partial charge is 0.298 e. The fourth-order valence-electron chi connectivity index (χ4n) is 4.35. The number of nitrogens with two attached hydrogens (primary N) is 1. The van der Waals surface area contributed by atoms with Gasteiger partial charge in [0, 0.05) is 25.2 Å². The number of para-hydroxylation sites is 1. The minimum absolute atomic E-state index is 0.413. The fraction of sp³-hybridized carbons (Fsp3) is 0.556. The maximum atomic E-state index is 11.6. The van der Waals surface area contributed by atoms with Crippen molar-refractivity contribution >= 4 is 23.0 Å². The van der Waals surface area contributed by atoms with E-state index in [9.17, 15) is 4.79 Å². The molecule has 2 aliphatic heterocycles. The Hall–Kier alpha value is -2.08. The number of aromatic nitrogens is 1. The van der Waals surface area contributed by atoms with Crippen molar-refractivity contribution in [1.29, 1.82) is 0 Å². The number of hydrogen-bond donors (Lipinski definition) is 1. The highest BCUT2D eigenvalue weighted by Gasteiger charge is 2.38. The molecule has 24 heavy (non-hydrogen) atoms. The van der Waals surface area contributed by atoms with Gasteiger partial charge < -0.3 is 20.0 Å². The van der Waals surface area contributed by atoms with E-state index in [1.807, 2.05) is 13.1 Å². The van der Waals surface area contributed by atoms with Gasteiger partial charge in [0.15, 0.2) is 5.58 Å². The molecule has 128 valence electrons. The summed E-state index contributed by atoms with van der Waals surface area (Å²) in [7, 11) is 4.30. The Bertz CT molecular complexity index is 757. The lowest BCUT2D eigenvalue weighted by atomic mass is 9.82. The van der Waals surface area contributed by atoms with E-state index >= 15 is 0 Å². The van der Waals surface area contributed by atoms with Crippen LogP contribution in [0.1, 0.15) is 42.5 Å². The number of benzene rings is 1. The molecule has 2 atom stereocenters. The molecule has 2 fully saturated rings. The van der Waals surface area contributed by atoms with Crippen molar-refractivity contribution in [3.05, 3.63) is 23.8 Å². The van der Waals surface area contributed by atoms with Crippen LogP contribution in [0.3, 0.4) is 0 Å². The summed E-state index contributed by atoms with van der Waals surface area (Å²) < 4.78 is 5.92. The predicted molar refractivity (Wildman–Crippen MR) is 93.1 cm³/mol. The summed E-state index contributed by atoms with van der Waals surface area (Å²) in [6.45, 7) is 0. The summed E-state index contributed by atoms with van der Waals surface area (Å²) in [5.74, 6) is -0.475. The van der Waals surface area contributed by atoms with Gasteiger partial charge in [-0.15, -0.1) is 0 Å². The first-order valence-corrected chi connectivity index (χ1v) is 8.68. The number of rotatable bonds is 3. The first kappa shape index (κ1) is 15.4. The summed E-state index contributed by atoms with van der Waals surface area (Å²) in [5, 5.41) is 0. The molecule has 2 aromatic rings. The molecular weight excluding hydrogens is 304 g/mol. The van der Waals surface area contributed by atoms with E-state index in [2.05, 4.69) is 21.8 Å². The van der Waals surface area contributed by atoms with E-state index < -0.39 is 5.91 Å². The SMILES string of the molecule is CN(c1nc2c(C(N)=O)cccc2o1)C1CC2CCCC(C1)N2C. The van der Waals surface area contributed by atoms with Crippen LogP contribution in [0.2, 0.25) is 0 Å². The van der Waals surface area contributed by atoms with E-state index in [4.69, 9.17) is 10.2 Å². The summed E-state index contributed by atoms with van der Waals surface area (Å²) >= 11 is 0. The number of anilines is 1. The number of carbonyl (C=O) groups is 1. The number of piperidine rings is 2. The average molecular weight is 328 g/mol. The molecule has 1 amide bonds. The molecular formula is C18H24N4O2. The standard InChI is InChI=1S/C18H24N4O2/c1-21-11-5-3-6-12(21)10-13(9-11)22(2)18-20-16-14(17(19)23)7-4-8-15(16)24-18/h4,7-8,11-13H,3,5-6,9-10H2,1-2H3,(H2,19,23). The van der Waals surface area contributed by atoms with Crippen molar-refractivity contribution in [1.82, 2.24) is 9.88 Å². The summed E-state index contributed by atoms with van der Waals surface area (Å²) in [6.07, 6.45) is 6.14. The maximum absolute atomic E-state index is 11.6. The summed E-state index contributed by atoms with van der Waals surface area (Å²) in [5.41, 5.74) is 7.03. The van der Waals surface area contributed by atoms with Gasteiger partial charge in [0.2, 0.25) is 0 Å². The number of nitrogens with zero attached hydrogens (tertiary/aromatic N) is 3. The number of primary amides is 1. The molecule has 0 aliphatic carbocycles. The van der Waals surface area contributed by atoms with E-state index in [1.165, 1.54) is 19.3 Å². The molecule has 6 heteroatoms. The third-order valence-electron chi connectivity index (χ3n) is 5.84. The number of oxazole rings is 1. The highest BCUT2D eigenvalue weighted by atomic mass is 16.4. The molecule has 0 radical (unpaired) electrons. The van der Waals surface area contributed by atoms with Gasteiger partial charge in [-0.05, 0) is 44.9 Å². The largest absolute Gasteiger partial charge is 0.423 e. The molecule has 2 bridgehead atoms. The zero-order valence-corrected chi connectivity index (χ0v) is 14.2. The van der Waals surface area contributed by atoms with Crippen molar-refractivity contribution in [2.45, 2.75) is 50.2 Å². The summed E-state index contributed by atoms with van der Waals surface area (Å²) in [4.78, 5) is 20.8. The number of hydrogen-bond acceptors (Lipinski definition) is 5. The molecule has 0 saturated carbocycles. The van der Waals surface area contributed by atoms with Gasteiger partial charge in [0.25, 0.3) is 11.9 Å². The lowest BCUT2D eigenvalue weighted by Crippen LogP contribution is -2.54. The van der Waals surface area contributed by atoms with Crippen molar-refractivity contribution in [3.8, 4) is 0 Å². The number of amides is 1. The highest BCUT2D eigenvalue weighted by Crippen LogP contribution is 2.36. The second-order valence-electron chi connectivity index (χ2n) is 7.15. The molecule has 1 aromatic heterocycles. The van der Waals surface area contributed by atoms with Crippen LogP contribution in [0.5, 0.6) is 0 Å². The van der Waals surface area contributed by atoms with E-state index in [0.717, 1.165) is 12.8 Å². The number of carbonyl (C=O) groups excluding carboxylic acids is 1. The van der Waals surface area contributed by atoms with Crippen molar-refractivity contribution in [2.75, 3.05) is 19.0 Å².